The summed E-state index contributed by atoms with van der Waals surface area (Å²) in [5.74, 6) is 0. The number of allylic oxidation sites excluding steroid dienone is 1. The molecule has 0 atom stereocenters. The van der Waals surface area contributed by atoms with Crippen LogP contribution in [-0.4, -0.2) is 5.66 Å². The zero-order valence-electron chi connectivity index (χ0n) is 9.49. The maximum atomic E-state index is 5.82. The average molecular weight is 250 g/mol. The van der Waals surface area contributed by atoms with E-state index in [4.69, 9.17) is 23.1 Å². The van der Waals surface area contributed by atoms with E-state index < -0.39 is 5.66 Å². The number of halogens is 1. The highest BCUT2D eigenvalue weighted by Crippen LogP contribution is 2.13. The Balaban J connectivity index is 1.90. The van der Waals surface area contributed by atoms with Crippen molar-refractivity contribution in [1.29, 1.82) is 0 Å². The molecule has 0 bridgehead atoms. The molecule has 1 aliphatic rings. The van der Waals surface area contributed by atoms with Gasteiger partial charge in [0.1, 0.15) is 0 Å². The van der Waals surface area contributed by atoms with Gasteiger partial charge in [-0.3, -0.25) is 0 Å². The molecule has 0 saturated carbocycles. The van der Waals surface area contributed by atoms with Gasteiger partial charge in [-0.1, -0.05) is 29.8 Å². The van der Waals surface area contributed by atoms with Crippen molar-refractivity contribution < 1.29 is 0 Å². The molecule has 0 saturated heterocycles. The topological polar surface area (TPSA) is 64.1 Å². The van der Waals surface area contributed by atoms with E-state index in [2.05, 4.69) is 5.32 Å². The molecule has 2 rings (SSSR count). The van der Waals surface area contributed by atoms with E-state index in [1.807, 2.05) is 42.5 Å². The van der Waals surface area contributed by atoms with Crippen molar-refractivity contribution >= 4 is 11.6 Å². The quantitative estimate of drug-likeness (QED) is 0.717. The van der Waals surface area contributed by atoms with Gasteiger partial charge in [-0.2, -0.15) is 0 Å². The Morgan fingerprint density at radius 1 is 1.24 bits per heavy atom. The number of rotatable bonds is 3. The first-order chi connectivity index (χ1) is 8.05. The van der Waals surface area contributed by atoms with Crippen molar-refractivity contribution in [2.75, 3.05) is 0 Å². The maximum Gasteiger partial charge on any atom is 0.0868 e. The maximum absolute atomic E-state index is 5.82. The van der Waals surface area contributed by atoms with Crippen LogP contribution in [0.25, 0.3) is 0 Å². The number of benzene rings is 1. The van der Waals surface area contributed by atoms with Gasteiger partial charge in [0.2, 0.25) is 0 Å². The Morgan fingerprint density at radius 3 is 2.53 bits per heavy atom. The molecule has 0 radical (unpaired) electrons. The molecule has 0 aromatic heterocycles. The summed E-state index contributed by atoms with van der Waals surface area (Å²) in [4.78, 5) is 0. The minimum atomic E-state index is -0.703. The lowest BCUT2D eigenvalue weighted by atomic mass is 10.0. The number of nitrogens with two attached hydrogens (primary N) is 2. The molecule has 1 aliphatic carbocycles. The van der Waals surface area contributed by atoms with Gasteiger partial charge < -0.3 is 16.8 Å². The van der Waals surface area contributed by atoms with Crippen LogP contribution >= 0.6 is 11.6 Å². The van der Waals surface area contributed by atoms with Crippen molar-refractivity contribution in [1.82, 2.24) is 5.32 Å². The van der Waals surface area contributed by atoms with Gasteiger partial charge in [-0.15, -0.1) is 0 Å². The van der Waals surface area contributed by atoms with Crippen molar-refractivity contribution in [2.45, 2.75) is 18.6 Å². The van der Waals surface area contributed by atoms with Crippen LogP contribution in [0.3, 0.4) is 0 Å². The van der Waals surface area contributed by atoms with Crippen LogP contribution in [0, 0.1) is 0 Å². The molecular weight excluding hydrogens is 234 g/mol. The Labute approximate surface area is 106 Å². The Kier molecular flexibility index (Phi) is 3.52. The monoisotopic (exact) mass is 249 g/mol. The highest BCUT2D eigenvalue weighted by atomic mass is 35.5. The van der Waals surface area contributed by atoms with Crippen molar-refractivity contribution in [3.05, 3.63) is 58.8 Å². The predicted octanol–water partition coefficient (Wildman–Crippen LogP) is 1.89. The van der Waals surface area contributed by atoms with E-state index >= 15 is 0 Å². The lowest BCUT2D eigenvalue weighted by Crippen LogP contribution is -2.48. The molecule has 3 nitrogen and oxygen atoms in total. The molecule has 4 heteroatoms. The average Bonchev–Trinajstić information content (AvgIpc) is 2.30. The minimum absolute atomic E-state index is 0.645. The standard InChI is InChI=1S/C13H16ClN3/c14-11-3-1-10(2-4-11)9-17-12-5-7-13(15,16)8-6-12/h1-7,17H,8-9,15-16H2. The summed E-state index contributed by atoms with van der Waals surface area (Å²) in [6.45, 7) is 0.759. The second-order valence-corrected chi connectivity index (χ2v) is 4.73. The largest absolute Gasteiger partial charge is 0.381 e. The van der Waals surface area contributed by atoms with Crippen molar-refractivity contribution in [3.8, 4) is 0 Å². The molecule has 0 spiro atoms. The Morgan fingerprint density at radius 2 is 1.94 bits per heavy atom. The van der Waals surface area contributed by atoms with Crippen LogP contribution in [0.1, 0.15) is 12.0 Å². The van der Waals surface area contributed by atoms with E-state index in [-0.39, 0.29) is 0 Å². The summed E-state index contributed by atoms with van der Waals surface area (Å²) in [5, 5.41) is 4.07. The van der Waals surface area contributed by atoms with Crippen LogP contribution in [0.4, 0.5) is 0 Å². The van der Waals surface area contributed by atoms with E-state index in [1.54, 1.807) is 0 Å². The predicted molar refractivity (Wildman–Crippen MR) is 71.2 cm³/mol. The van der Waals surface area contributed by atoms with Crippen LogP contribution in [-0.2, 0) is 6.54 Å². The Hall–Kier alpha value is -1.29. The van der Waals surface area contributed by atoms with Gasteiger partial charge in [0.25, 0.3) is 0 Å². The van der Waals surface area contributed by atoms with Gasteiger partial charge >= 0.3 is 0 Å². The van der Waals surface area contributed by atoms with Gasteiger partial charge in [0, 0.05) is 23.7 Å². The SMILES string of the molecule is NC1(N)C=CC(NCc2ccc(Cl)cc2)=CC1. The zero-order chi connectivity index (χ0) is 12.3. The molecule has 1 aromatic carbocycles. The van der Waals surface area contributed by atoms with Gasteiger partial charge in [0.05, 0.1) is 5.66 Å². The second-order valence-electron chi connectivity index (χ2n) is 4.29. The zero-order valence-corrected chi connectivity index (χ0v) is 10.2. The van der Waals surface area contributed by atoms with E-state index in [9.17, 15) is 0 Å². The molecule has 0 unspecified atom stereocenters. The first-order valence-electron chi connectivity index (χ1n) is 5.51. The number of nitrogens with one attached hydrogen (secondary N) is 1. The van der Waals surface area contributed by atoms with Gasteiger partial charge in [-0.05, 0) is 29.8 Å². The summed E-state index contributed by atoms with van der Waals surface area (Å²) >= 11 is 5.82. The molecule has 0 amide bonds. The van der Waals surface area contributed by atoms with Crippen LogP contribution < -0.4 is 16.8 Å². The number of hydrogen-bond acceptors (Lipinski definition) is 3. The second kappa shape index (κ2) is 4.92. The normalized spacial score (nSPS) is 17.7. The Bertz CT molecular complexity index is 446. The number of hydrogen-bond donors (Lipinski definition) is 3. The fourth-order valence-corrected chi connectivity index (χ4v) is 1.73. The third-order valence-electron chi connectivity index (χ3n) is 2.66. The molecule has 0 fully saturated rings. The fraction of sp³-hybridized carbons (Fsp3) is 0.231. The van der Waals surface area contributed by atoms with Crippen molar-refractivity contribution in [2.24, 2.45) is 11.5 Å². The minimum Gasteiger partial charge on any atom is -0.381 e. The van der Waals surface area contributed by atoms with Crippen LogP contribution in [0.15, 0.2) is 48.2 Å². The fourth-order valence-electron chi connectivity index (χ4n) is 1.61. The summed E-state index contributed by atoms with van der Waals surface area (Å²) in [6, 6.07) is 7.76. The van der Waals surface area contributed by atoms with E-state index in [1.165, 1.54) is 5.56 Å². The first kappa shape index (κ1) is 12.2. The molecule has 0 heterocycles. The van der Waals surface area contributed by atoms with Gasteiger partial charge in [0.15, 0.2) is 0 Å². The molecule has 17 heavy (non-hydrogen) atoms. The third-order valence-corrected chi connectivity index (χ3v) is 2.91. The van der Waals surface area contributed by atoms with Crippen molar-refractivity contribution in [3.63, 3.8) is 0 Å². The summed E-state index contributed by atoms with van der Waals surface area (Å²) in [6.07, 6.45) is 6.39. The lowest BCUT2D eigenvalue weighted by Gasteiger charge is -2.23. The highest BCUT2D eigenvalue weighted by molar-refractivity contribution is 6.30. The summed E-state index contributed by atoms with van der Waals surface area (Å²) in [5.41, 5.74) is 13.1. The molecule has 0 aliphatic heterocycles. The molecule has 5 N–H and O–H groups in total. The van der Waals surface area contributed by atoms with Gasteiger partial charge in [-0.25, -0.2) is 0 Å². The summed E-state index contributed by atoms with van der Waals surface area (Å²) < 4.78 is 0. The van der Waals surface area contributed by atoms with Crippen LogP contribution in [0.5, 0.6) is 0 Å². The first-order valence-corrected chi connectivity index (χ1v) is 5.88. The van der Waals surface area contributed by atoms with E-state index in [0.29, 0.717) is 6.42 Å². The lowest BCUT2D eigenvalue weighted by molar-refractivity contribution is 0.550. The molecule has 90 valence electrons. The molecule has 1 aromatic rings. The summed E-state index contributed by atoms with van der Waals surface area (Å²) in [7, 11) is 0. The third kappa shape index (κ3) is 3.60. The van der Waals surface area contributed by atoms with Crippen LogP contribution in [0.2, 0.25) is 5.02 Å². The highest BCUT2D eigenvalue weighted by Gasteiger charge is 2.16. The molecular formula is C13H16ClN3. The smallest absolute Gasteiger partial charge is 0.0868 e. The van der Waals surface area contributed by atoms with E-state index in [0.717, 1.165) is 17.3 Å².